The SMILES string of the molecule is CC(C)OCCS(=O)(=O)Nc1cc(C#CCCO)ccn1. The van der Waals surface area contributed by atoms with Gasteiger partial charge in [0.25, 0.3) is 0 Å². The second kappa shape index (κ2) is 8.62. The highest BCUT2D eigenvalue weighted by atomic mass is 32.2. The molecule has 0 aliphatic heterocycles. The van der Waals surface area contributed by atoms with Gasteiger partial charge in [-0.05, 0) is 26.0 Å². The molecule has 0 aliphatic carbocycles. The summed E-state index contributed by atoms with van der Waals surface area (Å²) in [6, 6.07) is 3.22. The summed E-state index contributed by atoms with van der Waals surface area (Å²) in [5.74, 6) is 5.67. The second-order valence-electron chi connectivity index (χ2n) is 4.55. The van der Waals surface area contributed by atoms with Gasteiger partial charge in [0.05, 0.1) is 25.1 Å². The molecule has 116 valence electrons. The van der Waals surface area contributed by atoms with Gasteiger partial charge in [0.2, 0.25) is 10.0 Å². The molecule has 1 aromatic rings. The minimum absolute atomic E-state index is 0.00653. The van der Waals surface area contributed by atoms with Crippen molar-refractivity contribution in [3.63, 3.8) is 0 Å². The van der Waals surface area contributed by atoms with E-state index >= 15 is 0 Å². The van der Waals surface area contributed by atoms with Gasteiger partial charge in [-0.25, -0.2) is 13.4 Å². The predicted molar refractivity (Wildman–Crippen MR) is 81.3 cm³/mol. The molecule has 1 rings (SSSR count). The number of anilines is 1. The van der Waals surface area contributed by atoms with Crippen molar-refractivity contribution in [2.45, 2.75) is 26.4 Å². The molecular weight excluding hydrogens is 292 g/mol. The summed E-state index contributed by atoms with van der Waals surface area (Å²) >= 11 is 0. The molecule has 0 saturated heterocycles. The zero-order valence-electron chi connectivity index (χ0n) is 12.2. The number of aliphatic hydroxyl groups is 1. The van der Waals surface area contributed by atoms with E-state index < -0.39 is 10.0 Å². The van der Waals surface area contributed by atoms with E-state index in [1.54, 1.807) is 12.1 Å². The Morgan fingerprint density at radius 3 is 2.90 bits per heavy atom. The van der Waals surface area contributed by atoms with Gasteiger partial charge in [-0.2, -0.15) is 0 Å². The number of ether oxygens (including phenoxy) is 1. The molecule has 0 spiro atoms. The standard InChI is InChI=1S/C14H20N2O4S/c1-12(2)20-9-10-21(18,19)16-14-11-13(6-7-15-14)5-3-4-8-17/h6-7,11-12,17H,4,8-10H2,1-2H3,(H,15,16). The lowest BCUT2D eigenvalue weighted by Crippen LogP contribution is -2.22. The number of sulfonamides is 1. The summed E-state index contributed by atoms with van der Waals surface area (Å²) in [5.41, 5.74) is 0.634. The van der Waals surface area contributed by atoms with Crippen LogP contribution >= 0.6 is 0 Å². The van der Waals surface area contributed by atoms with E-state index in [0.717, 1.165) is 0 Å². The van der Waals surface area contributed by atoms with Crippen LogP contribution in [0.1, 0.15) is 25.8 Å². The molecule has 1 heterocycles. The Balaban J connectivity index is 2.66. The highest BCUT2D eigenvalue weighted by molar-refractivity contribution is 7.92. The second-order valence-corrected chi connectivity index (χ2v) is 6.39. The first-order chi connectivity index (χ1) is 9.93. The van der Waals surface area contributed by atoms with Crippen LogP contribution in [0.4, 0.5) is 5.82 Å². The van der Waals surface area contributed by atoms with Gasteiger partial charge in [0.1, 0.15) is 5.82 Å². The average Bonchev–Trinajstić information content (AvgIpc) is 2.38. The average molecular weight is 312 g/mol. The van der Waals surface area contributed by atoms with E-state index in [2.05, 4.69) is 21.5 Å². The van der Waals surface area contributed by atoms with Crippen LogP contribution in [-0.2, 0) is 14.8 Å². The fourth-order valence-electron chi connectivity index (χ4n) is 1.39. The van der Waals surface area contributed by atoms with Crippen LogP contribution in [0.25, 0.3) is 0 Å². The number of hydrogen-bond donors (Lipinski definition) is 2. The number of pyridine rings is 1. The number of nitrogens with one attached hydrogen (secondary N) is 1. The van der Waals surface area contributed by atoms with Crippen molar-refractivity contribution < 1.29 is 18.3 Å². The zero-order chi connectivity index (χ0) is 15.7. The third kappa shape index (κ3) is 7.66. The van der Waals surface area contributed by atoms with Crippen molar-refractivity contribution >= 4 is 15.8 Å². The van der Waals surface area contributed by atoms with Gasteiger partial charge >= 0.3 is 0 Å². The van der Waals surface area contributed by atoms with Crippen molar-refractivity contribution in [3.8, 4) is 11.8 Å². The summed E-state index contributed by atoms with van der Waals surface area (Å²) < 4.78 is 31.3. The van der Waals surface area contributed by atoms with Crippen LogP contribution in [0.5, 0.6) is 0 Å². The van der Waals surface area contributed by atoms with Gasteiger partial charge < -0.3 is 9.84 Å². The molecule has 0 unspecified atom stereocenters. The highest BCUT2D eigenvalue weighted by Gasteiger charge is 2.11. The number of rotatable bonds is 7. The maximum atomic E-state index is 11.9. The van der Waals surface area contributed by atoms with Crippen molar-refractivity contribution in [1.29, 1.82) is 0 Å². The fourth-order valence-corrected chi connectivity index (χ4v) is 2.24. The molecule has 1 aromatic heterocycles. The van der Waals surface area contributed by atoms with Gasteiger partial charge in [0, 0.05) is 18.2 Å². The molecule has 2 N–H and O–H groups in total. The summed E-state index contributed by atoms with van der Waals surface area (Å²) in [7, 11) is -3.50. The van der Waals surface area contributed by atoms with Gasteiger partial charge in [-0.3, -0.25) is 4.72 Å². The van der Waals surface area contributed by atoms with Crippen LogP contribution < -0.4 is 4.72 Å². The third-order valence-electron chi connectivity index (χ3n) is 2.29. The number of nitrogens with zero attached hydrogens (tertiary/aromatic N) is 1. The summed E-state index contributed by atoms with van der Waals surface area (Å²) in [4.78, 5) is 3.95. The molecule has 6 nitrogen and oxygen atoms in total. The quantitative estimate of drug-likeness (QED) is 0.733. The monoisotopic (exact) mass is 312 g/mol. The van der Waals surface area contributed by atoms with Crippen LogP contribution in [0.3, 0.4) is 0 Å². The van der Waals surface area contributed by atoms with Crippen LogP contribution in [0.2, 0.25) is 0 Å². The van der Waals surface area contributed by atoms with Gasteiger partial charge in [-0.15, -0.1) is 0 Å². The lowest BCUT2D eigenvalue weighted by Gasteiger charge is -2.09. The van der Waals surface area contributed by atoms with E-state index in [0.29, 0.717) is 12.0 Å². The van der Waals surface area contributed by atoms with Crippen molar-refractivity contribution in [2.75, 3.05) is 23.7 Å². The highest BCUT2D eigenvalue weighted by Crippen LogP contribution is 2.08. The van der Waals surface area contributed by atoms with Crippen molar-refractivity contribution in [1.82, 2.24) is 4.98 Å². The van der Waals surface area contributed by atoms with E-state index in [9.17, 15) is 8.42 Å². The summed E-state index contributed by atoms with van der Waals surface area (Å²) in [5, 5.41) is 8.65. The zero-order valence-corrected chi connectivity index (χ0v) is 13.0. The molecule has 0 radical (unpaired) electrons. The fraction of sp³-hybridized carbons (Fsp3) is 0.500. The predicted octanol–water partition coefficient (Wildman–Crippen LogP) is 0.982. The summed E-state index contributed by atoms with van der Waals surface area (Å²) in [6.45, 7) is 3.81. The maximum Gasteiger partial charge on any atom is 0.236 e. The normalized spacial score (nSPS) is 11.0. The molecule has 0 fully saturated rings. The first-order valence-electron chi connectivity index (χ1n) is 6.61. The Kier molecular flexibility index (Phi) is 7.15. The third-order valence-corrected chi connectivity index (χ3v) is 3.52. The van der Waals surface area contributed by atoms with Crippen molar-refractivity contribution in [3.05, 3.63) is 23.9 Å². The van der Waals surface area contributed by atoms with Crippen LogP contribution in [0.15, 0.2) is 18.3 Å². The lowest BCUT2D eigenvalue weighted by atomic mass is 10.2. The molecule has 0 bridgehead atoms. The topological polar surface area (TPSA) is 88.5 Å². The largest absolute Gasteiger partial charge is 0.395 e. The Labute approximate surface area is 125 Å². The Morgan fingerprint density at radius 2 is 2.24 bits per heavy atom. The molecular formula is C14H20N2O4S. The van der Waals surface area contributed by atoms with Crippen LogP contribution in [-0.4, -0.2) is 43.6 Å². The molecule has 0 aromatic carbocycles. The molecule has 0 aliphatic rings. The number of aromatic nitrogens is 1. The Bertz CT molecular complexity index is 603. The minimum atomic E-state index is -3.50. The van der Waals surface area contributed by atoms with E-state index in [1.807, 2.05) is 13.8 Å². The van der Waals surface area contributed by atoms with Gasteiger partial charge in [-0.1, -0.05) is 11.8 Å². The minimum Gasteiger partial charge on any atom is -0.395 e. The summed E-state index contributed by atoms with van der Waals surface area (Å²) in [6.07, 6.45) is 1.84. The smallest absolute Gasteiger partial charge is 0.236 e. The lowest BCUT2D eigenvalue weighted by molar-refractivity contribution is 0.0913. The van der Waals surface area contributed by atoms with E-state index in [1.165, 1.54) is 6.20 Å². The molecule has 0 atom stereocenters. The number of aliphatic hydroxyl groups excluding tert-OH is 1. The molecule has 0 saturated carbocycles. The Hall–Kier alpha value is -1.62. The Morgan fingerprint density at radius 1 is 1.48 bits per heavy atom. The first-order valence-corrected chi connectivity index (χ1v) is 8.26. The molecule has 7 heteroatoms. The van der Waals surface area contributed by atoms with Crippen molar-refractivity contribution in [2.24, 2.45) is 0 Å². The number of hydrogen-bond acceptors (Lipinski definition) is 5. The first kappa shape index (κ1) is 17.4. The van der Waals surface area contributed by atoms with Crippen LogP contribution in [0, 0.1) is 11.8 Å². The maximum absolute atomic E-state index is 11.9. The van der Waals surface area contributed by atoms with E-state index in [4.69, 9.17) is 9.84 Å². The van der Waals surface area contributed by atoms with Gasteiger partial charge in [0.15, 0.2) is 0 Å². The van der Waals surface area contributed by atoms with E-state index in [-0.39, 0.29) is 30.9 Å². The molecule has 21 heavy (non-hydrogen) atoms. The molecule has 0 amide bonds.